The van der Waals surface area contributed by atoms with Crippen LogP contribution in [0.4, 0.5) is 11.4 Å². The molecule has 1 amide bonds. The number of anilines is 1. The number of esters is 1. The molecule has 8 heteroatoms. The number of hydrogen-bond donors (Lipinski definition) is 1. The van der Waals surface area contributed by atoms with Gasteiger partial charge >= 0.3 is 5.97 Å². The van der Waals surface area contributed by atoms with E-state index in [1.54, 1.807) is 0 Å². The van der Waals surface area contributed by atoms with Crippen LogP contribution in [-0.2, 0) is 4.74 Å². The van der Waals surface area contributed by atoms with Crippen LogP contribution in [0.15, 0.2) is 42.5 Å². The van der Waals surface area contributed by atoms with Crippen LogP contribution in [0.2, 0.25) is 0 Å². The van der Waals surface area contributed by atoms with E-state index in [1.807, 2.05) is 19.9 Å². The summed E-state index contributed by atoms with van der Waals surface area (Å²) < 4.78 is 4.54. The van der Waals surface area contributed by atoms with Crippen LogP contribution in [-0.4, -0.2) is 23.9 Å². The van der Waals surface area contributed by atoms with Gasteiger partial charge < -0.3 is 10.1 Å². The average Bonchev–Trinajstić information content (AvgIpc) is 2.68. The molecule has 0 aliphatic heterocycles. The summed E-state index contributed by atoms with van der Waals surface area (Å²) >= 11 is 0. The lowest BCUT2D eigenvalue weighted by atomic mass is 10.1. The molecular formula is C18H17N3O5. The highest BCUT2D eigenvalue weighted by Crippen LogP contribution is 2.22. The summed E-state index contributed by atoms with van der Waals surface area (Å²) in [5.74, 6) is -1.46. The second-order valence-corrected chi connectivity index (χ2v) is 4.62. The van der Waals surface area contributed by atoms with Gasteiger partial charge in [0.1, 0.15) is 5.56 Å². The zero-order valence-corrected chi connectivity index (χ0v) is 14.5. The average molecular weight is 355 g/mol. The normalized spacial score (nSPS) is 9.15. The largest absolute Gasteiger partial charge is 0.465 e. The summed E-state index contributed by atoms with van der Waals surface area (Å²) in [5, 5.41) is 22.3. The molecule has 0 spiro atoms. The second kappa shape index (κ2) is 9.54. The van der Waals surface area contributed by atoms with E-state index < -0.39 is 22.5 Å². The van der Waals surface area contributed by atoms with Gasteiger partial charge in [0.05, 0.1) is 29.2 Å². The van der Waals surface area contributed by atoms with E-state index in [9.17, 15) is 19.7 Å². The molecule has 2 rings (SSSR count). The molecule has 134 valence electrons. The van der Waals surface area contributed by atoms with Crippen molar-refractivity contribution >= 4 is 23.3 Å². The van der Waals surface area contributed by atoms with Gasteiger partial charge in [0.15, 0.2) is 0 Å². The molecule has 0 fully saturated rings. The fraction of sp³-hybridized carbons (Fsp3) is 0.167. The molecule has 0 aliphatic carbocycles. The van der Waals surface area contributed by atoms with Crippen LogP contribution < -0.4 is 5.32 Å². The third kappa shape index (κ3) is 4.88. The van der Waals surface area contributed by atoms with E-state index in [4.69, 9.17) is 5.26 Å². The number of carbonyl (C=O) groups excluding carboxylic acids is 2. The molecule has 0 aliphatic rings. The molecular weight excluding hydrogens is 338 g/mol. The Morgan fingerprint density at radius 1 is 1.15 bits per heavy atom. The van der Waals surface area contributed by atoms with Crippen LogP contribution in [0, 0.1) is 21.4 Å². The third-order valence-corrected chi connectivity index (χ3v) is 3.13. The molecule has 0 saturated carbocycles. The van der Waals surface area contributed by atoms with E-state index in [-0.39, 0.29) is 11.1 Å². The lowest BCUT2D eigenvalue weighted by molar-refractivity contribution is -0.385. The van der Waals surface area contributed by atoms with Crippen molar-refractivity contribution in [1.29, 1.82) is 5.26 Å². The van der Waals surface area contributed by atoms with Crippen molar-refractivity contribution in [2.75, 3.05) is 12.4 Å². The number of nitriles is 1. The number of nitro groups is 1. The minimum atomic E-state index is -0.753. The number of benzene rings is 2. The third-order valence-electron chi connectivity index (χ3n) is 3.13. The van der Waals surface area contributed by atoms with Crippen molar-refractivity contribution in [3.63, 3.8) is 0 Å². The highest BCUT2D eigenvalue weighted by Gasteiger charge is 2.22. The Morgan fingerprint density at radius 2 is 1.77 bits per heavy atom. The van der Waals surface area contributed by atoms with Gasteiger partial charge in [-0.1, -0.05) is 13.8 Å². The van der Waals surface area contributed by atoms with Gasteiger partial charge in [-0.2, -0.15) is 5.26 Å². The summed E-state index contributed by atoms with van der Waals surface area (Å²) in [7, 11) is 1.17. The molecule has 2 aromatic rings. The smallest absolute Gasteiger partial charge is 0.337 e. The summed E-state index contributed by atoms with van der Waals surface area (Å²) in [4.78, 5) is 34.2. The molecule has 8 nitrogen and oxygen atoms in total. The van der Waals surface area contributed by atoms with Crippen molar-refractivity contribution in [1.82, 2.24) is 0 Å². The van der Waals surface area contributed by atoms with E-state index in [0.29, 0.717) is 11.3 Å². The number of amides is 1. The number of hydrogen-bond acceptors (Lipinski definition) is 6. The molecule has 0 heterocycles. The number of methoxy groups -OCH3 is 1. The number of ether oxygens (including phenoxy) is 1. The number of nitro benzene ring substituents is 1. The maximum atomic E-state index is 12.3. The quantitative estimate of drug-likeness (QED) is 0.508. The van der Waals surface area contributed by atoms with Gasteiger partial charge in [0, 0.05) is 11.8 Å². The predicted molar refractivity (Wildman–Crippen MR) is 94.9 cm³/mol. The highest BCUT2D eigenvalue weighted by atomic mass is 16.6. The number of nitrogens with zero attached hydrogens (tertiary/aromatic N) is 2. The van der Waals surface area contributed by atoms with Gasteiger partial charge in [-0.15, -0.1) is 0 Å². The van der Waals surface area contributed by atoms with Crippen molar-refractivity contribution in [2.45, 2.75) is 13.8 Å². The van der Waals surface area contributed by atoms with Crippen molar-refractivity contribution in [3.8, 4) is 6.07 Å². The summed E-state index contributed by atoms with van der Waals surface area (Å²) in [6.45, 7) is 4.00. The van der Waals surface area contributed by atoms with E-state index in [2.05, 4.69) is 10.1 Å². The van der Waals surface area contributed by atoms with Crippen LogP contribution in [0.3, 0.4) is 0 Å². The fourth-order valence-corrected chi connectivity index (χ4v) is 1.95. The molecule has 0 bridgehead atoms. The van der Waals surface area contributed by atoms with Gasteiger partial charge in [0.2, 0.25) is 0 Å². The lowest BCUT2D eigenvalue weighted by Gasteiger charge is -2.07. The molecule has 26 heavy (non-hydrogen) atoms. The fourth-order valence-electron chi connectivity index (χ4n) is 1.95. The first-order valence-corrected chi connectivity index (χ1v) is 7.64. The summed E-state index contributed by atoms with van der Waals surface area (Å²) in [5.41, 5.74) is 0.0811. The number of nitrogens with one attached hydrogen (secondary N) is 1. The first kappa shape index (κ1) is 20.3. The first-order valence-electron chi connectivity index (χ1n) is 7.64. The lowest BCUT2D eigenvalue weighted by Crippen LogP contribution is -2.15. The van der Waals surface area contributed by atoms with E-state index in [1.165, 1.54) is 37.4 Å². The Bertz CT molecular complexity index is 854. The standard InChI is InChI=1S/C16H11N3O5.C2H6/c1-24-16(21)11-4-7-14(19(22)23)13(8-11)15(20)18-12-5-2-10(9-17)3-6-12;1-2/h2-8H,1H3,(H,18,20);1-2H3. The van der Waals surface area contributed by atoms with Gasteiger partial charge in [-0.05, 0) is 36.4 Å². The van der Waals surface area contributed by atoms with Gasteiger partial charge in [-0.3, -0.25) is 14.9 Å². The Morgan fingerprint density at radius 3 is 2.27 bits per heavy atom. The molecule has 0 unspecified atom stereocenters. The minimum absolute atomic E-state index is 0.0214. The summed E-state index contributed by atoms with van der Waals surface area (Å²) in [6.07, 6.45) is 0. The van der Waals surface area contributed by atoms with E-state index >= 15 is 0 Å². The second-order valence-electron chi connectivity index (χ2n) is 4.62. The molecule has 1 N–H and O–H groups in total. The monoisotopic (exact) mass is 355 g/mol. The SMILES string of the molecule is CC.COC(=O)c1ccc([N+](=O)[O-])c(C(=O)Nc2ccc(C#N)cc2)c1. The predicted octanol–water partition coefficient (Wildman–Crippen LogP) is 3.53. The molecule has 0 aromatic heterocycles. The van der Waals surface area contributed by atoms with Crippen LogP contribution >= 0.6 is 0 Å². The van der Waals surface area contributed by atoms with Gasteiger partial charge in [0.25, 0.3) is 11.6 Å². The Labute approximate surface area is 150 Å². The van der Waals surface area contributed by atoms with Crippen molar-refractivity contribution in [3.05, 3.63) is 69.3 Å². The number of carbonyl (C=O) groups is 2. The van der Waals surface area contributed by atoms with Crippen LogP contribution in [0.25, 0.3) is 0 Å². The molecule has 0 atom stereocenters. The maximum Gasteiger partial charge on any atom is 0.337 e. The molecule has 2 aromatic carbocycles. The Balaban J connectivity index is 0.00000163. The minimum Gasteiger partial charge on any atom is -0.465 e. The summed E-state index contributed by atoms with van der Waals surface area (Å²) in [6, 6.07) is 11.3. The number of rotatable bonds is 4. The molecule has 0 saturated heterocycles. The zero-order valence-electron chi connectivity index (χ0n) is 14.5. The molecule has 0 radical (unpaired) electrons. The maximum absolute atomic E-state index is 12.3. The highest BCUT2D eigenvalue weighted by molar-refractivity contribution is 6.08. The first-order chi connectivity index (χ1) is 12.5. The van der Waals surface area contributed by atoms with Gasteiger partial charge in [-0.25, -0.2) is 4.79 Å². The van der Waals surface area contributed by atoms with Crippen molar-refractivity contribution in [2.24, 2.45) is 0 Å². The topological polar surface area (TPSA) is 122 Å². The van der Waals surface area contributed by atoms with Crippen LogP contribution in [0.5, 0.6) is 0 Å². The van der Waals surface area contributed by atoms with Crippen molar-refractivity contribution < 1.29 is 19.2 Å². The zero-order chi connectivity index (χ0) is 19.7. The Kier molecular flexibility index (Phi) is 7.45. The Hall–Kier alpha value is -3.73. The van der Waals surface area contributed by atoms with Crippen LogP contribution in [0.1, 0.15) is 40.1 Å². The van der Waals surface area contributed by atoms with E-state index in [0.717, 1.165) is 12.1 Å².